The third-order valence-corrected chi connectivity index (χ3v) is 3.99. The molecule has 0 aliphatic heterocycles. The normalized spacial score (nSPS) is 21.7. The van der Waals surface area contributed by atoms with Crippen LogP contribution in [0.4, 0.5) is 13.2 Å². The van der Waals surface area contributed by atoms with Gasteiger partial charge in [0.15, 0.2) is 0 Å². The number of ether oxygens (including phenoxy) is 2. The number of esters is 1. The molecular formula is C17H21F3O3. The van der Waals surface area contributed by atoms with E-state index in [9.17, 15) is 18.0 Å². The third-order valence-electron chi connectivity index (χ3n) is 3.99. The van der Waals surface area contributed by atoms with Crippen LogP contribution in [0.1, 0.15) is 39.0 Å². The predicted octanol–water partition coefficient (Wildman–Crippen LogP) is 4.75. The lowest BCUT2D eigenvalue weighted by Crippen LogP contribution is -2.33. The number of halogens is 3. The maximum atomic E-state index is 12.8. The highest BCUT2D eigenvalue weighted by molar-refractivity contribution is 5.75. The van der Waals surface area contributed by atoms with Crippen LogP contribution in [0.15, 0.2) is 24.3 Å². The van der Waals surface area contributed by atoms with Crippen LogP contribution in [-0.4, -0.2) is 18.8 Å². The summed E-state index contributed by atoms with van der Waals surface area (Å²) < 4.78 is 49.0. The topological polar surface area (TPSA) is 35.5 Å². The Morgan fingerprint density at radius 1 is 1.17 bits per heavy atom. The van der Waals surface area contributed by atoms with E-state index < -0.39 is 24.0 Å². The molecule has 1 aliphatic rings. The van der Waals surface area contributed by atoms with Crippen LogP contribution >= 0.6 is 0 Å². The fourth-order valence-corrected chi connectivity index (χ4v) is 2.72. The van der Waals surface area contributed by atoms with Gasteiger partial charge in [0.05, 0.1) is 18.4 Å². The van der Waals surface area contributed by atoms with Crippen molar-refractivity contribution in [3.8, 4) is 11.5 Å². The third kappa shape index (κ3) is 5.15. The summed E-state index contributed by atoms with van der Waals surface area (Å²) in [5, 5.41) is 0. The molecular weight excluding hydrogens is 309 g/mol. The molecule has 0 saturated heterocycles. The first-order valence-electron chi connectivity index (χ1n) is 7.91. The fourth-order valence-electron chi connectivity index (χ4n) is 2.72. The molecule has 1 aromatic carbocycles. The van der Waals surface area contributed by atoms with Crippen molar-refractivity contribution in [2.75, 3.05) is 6.61 Å². The molecule has 128 valence electrons. The molecule has 2 unspecified atom stereocenters. The molecule has 1 saturated carbocycles. The van der Waals surface area contributed by atoms with Gasteiger partial charge in [-0.3, -0.25) is 4.79 Å². The number of rotatable bonds is 5. The summed E-state index contributed by atoms with van der Waals surface area (Å²) in [6.45, 7) is 2.59. The van der Waals surface area contributed by atoms with Crippen LogP contribution in [-0.2, 0) is 4.79 Å². The molecule has 2 rings (SSSR count). The van der Waals surface area contributed by atoms with E-state index in [2.05, 4.69) is 0 Å². The van der Waals surface area contributed by atoms with E-state index in [1.165, 1.54) is 0 Å². The molecule has 0 spiro atoms. The predicted molar refractivity (Wildman–Crippen MR) is 79.4 cm³/mol. The van der Waals surface area contributed by atoms with Gasteiger partial charge in [0.2, 0.25) is 0 Å². The van der Waals surface area contributed by atoms with Crippen LogP contribution in [0.2, 0.25) is 0 Å². The molecule has 0 N–H and O–H groups in total. The van der Waals surface area contributed by atoms with Gasteiger partial charge < -0.3 is 9.47 Å². The van der Waals surface area contributed by atoms with Crippen molar-refractivity contribution >= 4 is 5.97 Å². The van der Waals surface area contributed by atoms with Crippen LogP contribution in [0.5, 0.6) is 11.5 Å². The number of benzene rings is 1. The van der Waals surface area contributed by atoms with E-state index in [4.69, 9.17) is 9.47 Å². The van der Waals surface area contributed by atoms with Gasteiger partial charge in [0.25, 0.3) is 0 Å². The van der Waals surface area contributed by atoms with Crippen molar-refractivity contribution in [1.29, 1.82) is 0 Å². The minimum atomic E-state index is -4.24. The van der Waals surface area contributed by atoms with Gasteiger partial charge in [-0.15, -0.1) is 0 Å². The van der Waals surface area contributed by atoms with Crippen molar-refractivity contribution in [1.82, 2.24) is 0 Å². The second-order valence-electron chi connectivity index (χ2n) is 5.84. The van der Waals surface area contributed by atoms with Crippen molar-refractivity contribution in [2.24, 2.45) is 11.8 Å². The van der Waals surface area contributed by atoms with Gasteiger partial charge in [0.1, 0.15) is 11.5 Å². The standard InChI is InChI=1S/C17H21F3O3/c1-2-10-22-14-6-8-15(9-7-14)23-16(21)12-4-3-5-13(11-12)17(18,19)20/h6-9,12-13H,2-5,10-11H2,1H3. The van der Waals surface area contributed by atoms with Crippen LogP contribution in [0.3, 0.4) is 0 Å². The lowest BCUT2D eigenvalue weighted by molar-refractivity contribution is -0.187. The zero-order valence-electron chi connectivity index (χ0n) is 13.1. The van der Waals surface area contributed by atoms with Gasteiger partial charge in [-0.1, -0.05) is 13.3 Å². The van der Waals surface area contributed by atoms with Crippen molar-refractivity contribution < 1.29 is 27.4 Å². The zero-order chi connectivity index (χ0) is 16.9. The molecule has 0 heterocycles. The highest BCUT2D eigenvalue weighted by Crippen LogP contribution is 2.40. The molecule has 1 fully saturated rings. The maximum absolute atomic E-state index is 12.8. The quantitative estimate of drug-likeness (QED) is 0.577. The summed E-state index contributed by atoms with van der Waals surface area (Å²) in [5.74, 6) is -1.68. The molecule has 23 heavy (non-hydrogen) atoms. The summed E-state index contributed by atoms with van der Waals surface area (Å²) >= 11 is 0. The molecule has 0 amide bonds. The fraction of sp³-hybridized carbons (Fsp3) is 0.588. The monoisotopic (exact) mass is 330 g/mol. The van der Waals surface area contributed by atoms with E-state index in [-0.39, 0.29) is 12.8 Å². The second-order valence-corrected chi connectivity index (χ2v) is 5.84. The summed E-state index contributed by atoms with van der Waals surface area (Å²) in [6.07, 6.45) is -2.59. The molecule has 3 nitrogen and oxygen atoms in total. The van der Waals surface area contributed by atoms with Crippen molar-refractivity contribution in [2.45, 2.75) is 45.2 Å². The Morgan fingerprint density at radius 3 is 2.43 bits per heavy atom. The van der Waals surface area contributed by atoms with Crippen LogP contribution in [0.25, 0.3) is 0 Å². The molecule has 2 atom stereocenters. The molecule has 0 radical (unpaired) electrons. The Bertz CT molecular complexity index is 511. The van der Waals surface area contributed by atoms with Gasteiger partial charge in [-0.2, -0.15) is 13.2 Å². The van der Waals surface area contributed by atoms with Crippen molar-refractivity contribution in [3.63, 3.8) is 0 Å². The SMILES string of the molecule is CCCOc1ccc(OC(=O)C2CCCC(C(F)(F)F)C2)cc1. The Morgan fingerprint density at radius 2 is 1.83 bits per heavy atom. The first-order chi connectivity index (χ1) is 10.9. The van der Waals surface area contributed by atoms with Crippen LogP contribution < -0.4 is 9.47 Å². The minimum absolute atomic E-state index is 0.0940. The number of alkyl halides is 3. The lowest BCUT2D eigenvalue weighted by Gasteiger charge is -2.29. The summed E-state index contributed by atoms with van der Waals surface area (Å²) in [7, 11) is 0. The number of hydrogen-bond donors (Lipinski definition) is 0. The van der Waals surface area contributed by atoms with Gasteiger partial charge in [-0.25, -0.2) is 0 Å². The van der Waals surface area contributed by atoms with Gasteiger partial charge in [-0.05, 0) is 49.9 Å². The molecule has 1 aliphatic carbocycles. The zero-order valence-corrected chi connectivity index (χ0v) is 13.1. The van der Waals surface area contributed by atoms with Gasteiger partial charge >= 0.3 is 12.1 Å². The van der Waals surface area contributed by atoms with E-state index in [1.54, 1.807) is 24.3 Å². The average molecular weight is 330 g/mol. The molecule has 0 bridgehead atoms. The number of carbonyl (C=O) groups excluding carboxylic acids is 1. The molecule has 0 aromatic heterocycles. The lowest BCUT2D eigenvalue weighted by atomic mass is 9.81. The van der Waals surface area contributed by atoms with Crippen LogP contribution in [0, 0.1) is 11.8 Å². The Labute approximate surface area is 133 Å². The smallest absolute Gasteiger partial charge is 0.391 e. The minimum Gasteiger partial charge on any atom is -0.494 e. The van der Waals surface area contributed by atoms with E-state index in [0.29, 0.717) is 30.9 Å². The van der Waals surface area contributed by atoms with E-state index >= 15 is 0 Å². The highest BCUT2D eigenvalue weighted by Gasteiger charge is 2.44. The summed E-state index contributed by atoms with van der Waals surface area (Å²) in [5.41, 5.74) is 0. The van der Waals surface area contributed by atoms with E-state index in [1.807, 2.05) is 6.92 Å². The number of carbonyl (C=O) groups is 1. The summed E-state index contributed by atoms with van der Waals surface area (Å²) in [4.78, 5) is 12.1. The van der Waals surface area contributed by atoms with Crippen molar-refractivity contribution in [3.05, 3.63) is 24.3 Å². The van der Waals surface area contributed by atoms with Gasteiger partial charge in [0, 0.05) is 0 Å². The Kier molecular flexibility index (Phi) is 5.91. The number of hydrogen-bond acceptors (Lipinski definition) is 3. The first kappa shape index (κ1) is 17.6. The summed E-state index contributed by atoms with van der Waals surface area (Å²) in [6, 6.07) is 6.54. The van der Waals surface area contributed by atoms with E-state index in [0.717, 1.165) is 6.42 Å². The largest absolute Gasteiger partial charge is 0.494 e. The Balaban J connectivity index is 1.91. The molecule has 6 heteroatoms. The second kappa shape index (κ2) is 7.70. The first-order valence-corrected chi connectivity index (χ1v) is 7.91. The highest BCUT2D eigenvalue weighted by atomic mass is 19.4. The Hall–Kier alpha value is -1.72. The maximum Gasteiger partial charge on any atom is 0.391 e. The molecule has 1 aromatic rings. The average Bonchev–Trinajstić information content (AvgIpc) is 2.53.